The van der Waals surface area contributed by atoms with Crippen LogP contribution in [0.3, 0.4) is 0 Å². The summed E-state index contributed by atoms with van der Waals surface area (Å²) >= 11 is 18.8. The van der Waals surface area contributed by atoms with Crippen LogP contribution in [0, 0.1) is 0 Å². The molecule has 0 amide bonds. The molecule has 160 valence electrons. The van der Waals surface area contributed by atoms with Gasteiger partial charge in [0, 0.05) is 17.3 Å². The molecule has 0 aliphatic heterocycles. The predicted octanol–water partition coefficient (Wildman–Crippen LogP) is 4.72. The first-order valence-electron chi connectivity index (χ1n) is 9.28. The molecule has 0 radical (unpaired) electrons. The van der Waals surface area contributed by atoms with Crippen LogP contribution in [0.1, 0.15) is 24.0 Å². The number of halogens is 3. The third kappa shape index (κ3) is 3.96. The summed E-state index contributed by atoms with van der Waals surface area (Å²) in [5.41, 5.74) is 1.99. The van der Waals surface area contributed by atoms with Crippen molar-refractivity contribution in [3.63, 3.8) is 0 Å². The highest BCUT2D eigenvalue weighted by molar-refractivity contribution is 6.40. The summed E-state index contributed by atoms with van der Waals surface area (Å²) in [6, 6.07) is 7.98. The average Bonchev–Trinajstić information content (AvgIpc) is 3.07. The Labute approximate surface area is 192 Å². The lowest BCUT2D eigenvalue weighted by molar-refractivity contribution is -0.272. The molecule has 31 heavy (non-hydrogen) atoms. The summed E-state index contributed by atoms with van der Waals surface area (Å²) in [5.74, 6) is 0.189. The quantitative estimate of drug-likeness (QED) is 0.446. The van der Waals surface area contributed by atoms with Crippen LogP contribution in [0.5, 0.6) is 17.4 Å². The van der Waals surface area contributed by atoms with Crippen molar-refractivity contribution in [1.29, 1.82) is 0 Å². The number of phenolic OH excluding ortho intramolecular Hbond substituents is 1. The lowest BCUT2D eigenvalue weighted by Gasteiger charge is -2.12. The van der Waals surface area contributed by atoms with Crippen LogP contribution in [0.2, 0.25) is 15.1 Å². The molecule has 4 aromatic rings. The van der Waals surface area contributed by atoms with E-state index in [0.29, 0.717) is 39.6 Å². The zero-order chi connectivity index (χ0) is 22.3. The van der Waals surface area contributed by atoms with E-state index in [4.69, 9.17) is 39.5 Å². The molecule has 10 heteroatoms. The molecule has 2 aromatic carbocycles. The number of hydrogen-bond donors (Lipinski definition) is 1. The Morgan fingerprint density at radius 2 is 1.81 bits per heavy atom. The second-order valence-corrected chi connectivity index (χ2v) is 8.01. The van der Waals surface area contributed by atoms with Crippen LogP contribution in [0.25, 0.3) is 16.7 Å². The van der Waals surface area contributed by atoms with Gasteiger partial charge in [-0.1, -0.05) is 47.8 Å². The lowest BCUT2D eigenvalue weighted by Crippen LogP contribution is -2.06. The number of aromatic nitrogens is 4. The molecule has 0 aliphatic rings. The zero-order valence-corrected chi connectivity index (χ0v) is 18.8. The summed E-state index contributed by atoms with van der Waals surface area (Å²) in [6.07, 6.45) is 0.746. The molecule has 2 heterocycles. The summed E-state index contributed by atoms with van der Waals surface area (Å²) in [6.45, 7) is 1.88. The van der Waals surface area contributed by atoms with Crippen molar-refractivity contribution in [2.45, 2.75) is 19.8 Å². The maximum atomic E-state index is 12.9. The van der Waals surface area contributed by atoms with Crippen LogP contribution in [0.15, 0.2) is 30.3 Å². The van der Waals surface area contributed by atoms with Crippen molar-refractivity contribution < 1.29 is 14.9 Å². The van der Waals surface area contributed by atoms with Gasteiger partial charge in [-0.25, -0.2) is 14.6 Å². The Balaban J connectivity index is 1.89. The predicted molar refractivity (Wildman–Crippen MR) is 118 cm³/mol. The van der Waals surface area contributed by atoms with Gasteiger partial charge in [-0.3, -0.25) is 0 Å². The van der Waals surface area contributed by atoms with Gasteiger partial charge in [0.1, 0.15) is 11.5 Å². The number of benzene rings is 2. The third-order valence-electron chi connectivity index (χ3n) is 4.75. The van der Waals surface area contributed by atoms with E-state index in [1.165, 1.54) is 17.9 Å². The fourth-order valence-corrected chi connectivity index (χ4v) is 4.31. The van der Waals surface area contributed by atoms with E-state index in [2.05, 4.69) is 15.1 Å². The number of ether oxygens (including phenoxy) is 1. The second kappa shape index (κ2) is 8.42. The van der Waals surface area contributed by atoms with E-state index in [0.717, 1.165) is 5.56 Å². The summed E-state index contributed by atoms with van der Waals surface area (Å²) in [4.78, 5) is 8.73. The largest absolute Gasteiger partial charge is 0.858 e. The average molecular weight is 479 g/mol. The molecular formula is C21H16Cl3N4O3-. The Hall–Kier alpha value is -2.74. The zero-order valence-electron chi connectivity index (χ0n) is 16.5. The highest BCUT2D eigenvalue weighted by Crippen LogP contribution is 2.35. The number of rotatable bonds is 5. The number of aromatic hydroxyl groups is 1. The molecule has 1 N–H and O–H groups in total. The van der Waals surface area contributed by atoms with Gasteiger partial charge in [-0.2, -0.15) is 5.10 Å². The molecular weight excluding hydrogens is 463 g/mol. The van der Waals surface area contributed by atoms with E-state index < -0.39 is 5.88 Å². The standard InChI is InChI=1S/C21H17Cl3N4O3/c1-3-14-18-20(28(27-14)19-12(23)8-11(22)9-13(19)24)25-17(26-21(18)30)7-10-4-5-15(29)16(6-10)31-2/h4-6,8-9,29H,3,7H2,1-2H3,(H,25,26,30)/p-1. The van der Waals surface area contributed by atoms with Crippen molar-refractivity contribution >= 4 is 45.8 Å². The number of methoxy groups -OCH3 is 1. The number of aryl methyl sites for hydroxylation is 1. The van der Waals surface area contributed by atoms with Crippen LogP contribution < -0.4 is 9.84 Å². The smallest absolute Gasteiger partial charge is 0.166 e. The second-order valence-electron chi connectivity index (χ2n) is 6.76. The Morgan fingerprint density at radius 1 is 1.10 bits per heavy atom. The Morgan fingerprint density at radius 3 is 2.45 bits per heavy atom. The maximum Gasteiger partial charge on any atom is 0.166 e. The molecule has 0 aliphatic carbocycles. The van der Waals surface area contributed by atoms with Crippen molar-refractivity contribution in [2.24, 2.45) is 0 Å². The Bertz CT molecular complexity index is 1280. The van der Waals surface area contributed by atoms with Gasteiger partial charge in [0.05, 0.1) is 28.2 Å². The van der Waals surface area contributed by atoms with Crippen LogP contribution >= 0.6 is 34.8 Å². The van der Waals surface area contributed by atoms with Gasteiger partial charge in [0.2, 0.25) is 0 Å². The van der Waals surface area contributed by atoms with Crippen molar-refractivity contribution in [3.8, 4) is 23.1 Å². The first kappa shape index (κ1) is 21.5. The summed E-state index contributed by atoms with van der Waals surface area (Å²) in [5, 5.41) is 28.4. The normalized spacial score (nSPS) is 11.3. The van der Waals surface area contributed by atoms with Crippen molar-refractivity contribution in [2.75, 3.05) is 7.11 Å². The van der Waals surface area contributed by atoms with Gasteiger partial charge in [-0.15, -0.1) is 0 Å². The van der Waals surface area contributed by atoms with Gasteiger partial charge < -0.3 is 14.9 Å². The summed E-state index contributed by atoms with van der Waals surface area (Å²) < 4.78 is 6.60. The Kier molecular flexibility index (Phi) is 5.83. The summed E-state index contributed by atoms with van der Waals surface area (Å²) in [7, 11) is 1.46. The third-order valence-corrected chi connectivity index (χ3v) is 5.54. The number of hydrogen-bond acceptors (Lipinski definition) is 6. The minimum atomic E-state index is -0.435. The fraction of sp³-hybridized carbons (Fsp3) is 0.190. The molecule has 0 atom stereocenters. The van der Waals surface area contributed by atoms with Crippen LogP contribution in [-0.4, -0.2) is 32.0 Å². The van der Waals surface area contributed by atoms with Crippen molar-refractivity contribution in [3.05, 3.63) is 62.5 Å². The number of nitrogens with zero attached hydrogens (tertiary/aromatic N) is 4. The fourth-order valence-electron chi connectivity index (χ4n) is 3.33. The van der Waals surface area contributed by atoms with E-state index in [1.54, 1.807) is 24.3 Å². The van der Waals surface area contributed by atoms with Gasteiger partial charge in [0.25, 0.3) is 0 Å². The molecule has 4 rings (SSSR count). The maximum absolute atomic E-state index is 12.9. The highest BCUT2D eigenvalue weighted by Gasteiger charge is 2.20. The highest BCUT2D eigenvalue weighted by atomic mass is 35.5. The number of phenols is 1. The molecule has 0 spiro atoms. The molecule has 7 nitrogen and oxygen atoms in total. The lowest BCUT2D eigenvalue weighted by atomic mass is 10.1. The van der Waals surface area contributed by atoms with Crippen LogP contribution in [-0.2, 0) is 12.8 Å². The minimum Gasteiger partial charge on any atom is -0.858 e. The number of fused-ring (bicyclic) bond motifs is 1. The SMILES string of the molecule is CCc1nn(-c2c(Cl)cc(Cl)cc2Cl)c2nc(Cc3ccc(O)c(OC)c3)nc([O-])c12. The molecule has 0 fully saturated rings. The molecule has 0 bridgehead atoms. The molecule has 0 unspecified atom stereocenters. The van der Waals surface area contributed by atoms with Gasteiger partial charge >= 0.3 is 0 Å². The molecule has 2 aromatic heterocycles. The topological polar surface area (TPSA) is 96.1 Å². The first-order valence-corrected chi connectivity index (χ1v) is 10.4. The van der Waals surface area contributed by atoms with Gasteiger partial charge in [0.15, 0.2) is 17.1 Å². The monoisotopic (exact) mass is 477 g/mol. The van der Waals surface area contributed by atoms with Crippen LogP contribution in [0.4, 0.5) is 0 Å². The van der Waals surface area contributed by atoms with E-state index in [-0.39, 0.29) is 28.0 Å². The molecule has 0 saturated carbocycles. The molecule has 0 saturated heterocycles. The first-order chi connectivity index (χ1) is 14.8. The van der Waals surface area contributed by atoms with E-state index >= 15 is 0 Å². The van der Waals surface area contributed by atoms with E-state index in [1.807, 2.05) is 6.92 Å². The van der Waals surface area contributed by atoms with E-state index in [9.17, 15) is 10.2 Å². The van der Waals surface area contributed by atoms with Crippen molar-refractivity contribution in [1.82, 2.24) is 19.7 Å². The van der Waals surface area contributed by atoms with Gasteiger partial charge in [-0.05, 0) is 36.2 Å². The minimum absolute atomic E-state index is 0.0184.